The van der Waals surface area contributed by atoms with Crippen LogP contribution in [0, 0.1) is 12.8 Å². The van der Waals surface area contributed by atoms with Crippen LogP contribution in [0.5, 0.6) is 0 Å². The maximum absolute atomic E-state index is 11.9. The highest BCUT2D eigenvalue weighted by atomic mass is 16.5. The maximum atomic E-state index is 11.9. The van der Waals surface area contributed by atoms with Crippen LogP contribution in [0.1, 0.15) is 34.2 Å². The molecule has 0 bridgehead atoms. The molecular formula is C21H28N4O3. The fourth-order valence-corrected chi connectivity index (χ4v) is 3.21. The lowest BCUT2D eigenvalue weighted by Gasteiger charge is -2.17. The molecule has 7 nitrogen and oxygen atoms in total. The number of hydrogen-bond donors (Lipinski definition) is 2. The van der Waals surface area contributed by atoms with Crippen LogP contribution in [0.4, 0.5) is 16.2 Å². The van der Waals surface area contributed by atoms with E-state index in [4.69, 9.17) is 9.47 Å². The minimum atomic E-state index is -0.463. The largest absolute Gasteiger partial charge is 0.451 e. The number of pyridine rings is 1. The third-order valence-electron chi connectivity index (χ3n) is 4.85. The lowest BCUT2D eigenvalue weighted by atomic mass is 10.1. The average molecular weight is 384 g/mol. The SMILES string of the molecule is Cc1ccc(NC(=O)OCC(C)C)cc1NC1=NC2CC2(c2cccnc2)O1.[HH].[HH]. The molecular weight excluding hydrogens is 356 g/mol. The van der Waals surface area contributed by atoms with Gasteiger partial charge in [-0.25, -0.2) is 9.79 Å². The van der Waals surface area contributed by atoms with Crippen LogP contribution in [-0.2, 0) is 15.1 Å². The molecule has 0 spiro atoms. The second-order valence-corrected chi connectivity index (χ2v) is 7.66. The second kappa shape index (κ2) is 7.14. The van der Waals surface area contributed by atoms with E-state index in [0.29, 0.717) is 18.3 Å². The van der Waals surface area contributed by atoms with Gasteiger partial charge < -0.3 is 14.8 Å². The van der Waals surface area contributed by atoms with Crippen LogP contribution in [0.3, 0.4) is 0 Å². The number of carbonyl (C=O) groups excluding carboxylic acids is 1. The van der Waals surface area contributed by atoms with Crippen molar-refractivity contribution in [2.75, 3.05) is 17.2 Å². The van der Waals surface area contributed by atoms with Crippen molar-refractivity contribution in [1.82, 2.24) is 4.98 Å². The van der Waals surface area contributed by atoms with Crippen molar-refractivity contribution in [3.8, 4) is 0 Å². The van der Waals surface area contributed by atoms with Gasteiger partial charge in [0, 0.05) is 38.6 Å². The lowest BCUT2D eigenvalue weighted by Crippen LogP contribution is -2.21. The lowest BCUT2D eigenvalue weighted by molar-refractivity contribution is 0.147. The van der Waals surface area contributed by atoms with Crippen molar-refractivity contribution in [1.29, 1.82) is 0 Å². The summed E-state index contributed by atoms with van der Waals surface area (Å²) in [6.45, 7) is 6.35. The number of aliphatic imine (C=N–C) groups is 1. The van der Waals surface area contributed by atoms with Gasteiger partial charge in [0.05, 0.1) is 6.61 Å². The van der Waals surface area contributed by atoms with E-state index in [0.717, 1.165) is 23.2 Å². The van der Waals surface area contributed by atoms with E-state index in [2.05, 4.69) is 20.6 Å². The van der Waals surface area contributed by atoms with Crippen LogP contribution in [0.15, 0.2) is 47.7 Å². The van der Waals surface area contributed by atoms with Crippen LogP contribution < -0.4 is 10.6 Å². The minimum absolute atomic E-state index is 0. The monoisotopic (exact) mass is 384 g/mol. The number of nitrogens with one attached hydrogen (secondary N) is 2. The normalized spacial score (nSPS) is 22.1. The summed E-state index contributed by atoms with van der Waals surface area (Å²) in [6.07, 6.45) is 3.98. The van der Waals surface area contributed by atoms with Crippen LogP contribution in [0.2, 0.25) is 0 Å². The zero-order valence-electron chi connectivity index (χ0n) is 16.2. The van der Waals surface area contributed by atoms with Gasteiger partial charge in [-0.05, 0) is 36.6 Å². The van der Waals surface area contributed by atoms with Gasteiger partial charge in [0.2, 0.25) is 0 Å². The quantitative estimate of drug-likeness (QED) is 0.790. The minimum Gasteiger partial charge on any atom is -0.451 e. The second-order valence-electron chi connectivity index (χ2n) is 7.66. The number of hydrogen-bond acceptors (Lipinski definition) is 6. The molecule has 1 aromatic carbocycles. The van der Waals surface area contributed by atoms with Crippen LogP contribution >= 0.6 is 0 Å². The predicted molar refractivity (Wildman–Crippen MR) is 112 cm³/mol. The molecule has 2 aliphatic rings. The topological polar surface area (TPSA) is 84.8 Å². The van der Waals surface area contributed by atoms with Crippen LogP contribution in [-0.4, -0.2) is 29.7 Å². The van der Waals surface area contributed by atoms with Crippen molar-refractivity contribution < 1.29 is 17.1 Å². The Bertz CT molecular complexity index is 924. The van der Waals surface area contributed by atoms with Crippen molar-refractivity contribution in [3.05, 3.63) is 53.9 Å². The molecule has 1 amide bonds. The zero-order chi connectivity index (χ0) is 19.7. The van der Waals surface area contributed by atoms with Gasteiger partial charge in [0.1, 0.15) is 6.04 Å². The van der Waals surface area contributed by atoms with Gasteiger partial charge in [-0.3, -0.25) is 10.3 Å². The first-order chi connectivity index (χ1) is 13.5. The van der Waals surface area contributed by atoms with E-state index in [1.54, 1.807) is 6.20 Å². The molecule has 2 atom stereocenters. The Kier molecular flexibility index (Phi) is 4.66. The summed E-state index contributed by atoms with van der Waals surface area (Å²) in [5.74, 6) is 0.289. The first-order valence-corrected chi connectivity index (χ1v) is 9.45. The number of ether oxygens (including phenoxy) is 2. The fourth-order valence-electron chi connectivity index (χ4n) is 3.21. The summed E-state index contributed by atoms with van der Waals surface area (Å²) < 4.78 is 11.3. The Morgan fingerprint density at radius 3 is 3.04 bits per heavy atom. The third kappa shape index (κ3) is 3.65. The van der Waals surface area contributed by atoms with Crippen molar-refractivity contribution in [3.63, 3.8) is 0 Å². The van der Waals surface area contributed by atoms with Gasteiger partial charge >= 0.3 is 6.09 Å². The molecule has 150 valence electrons. The highest BCUT2D eigenvalue weighted by molar-refractivity contribution is 5.94. The summed E-state index contributed by atoms with van der Waals surface area (Å²) in [7, 11) is 0. The summed E-state index contributed by atoms with van der Waals surface area (Å²) in [5.41, 5.74) is 3.14. The number of benzene rings is 1. The molecule has 28 heavy (non-hydrogen) atoms. The molecule has 1 aromatic heterocycles. The van der Waals surface area contributed by atoms with Crippen molar-refractivity contribution in [2.24, 2.45) is 10.9 Å². The highest BCUT2D eigenvalue weighted by Gasteiger charge is 2.63. The number of aryl methyl sites for hydroxylation is 1. The van der Waals surface area contributed by atoms with Crippen molar-refractivity contribution >= 4 is 23.5 Å². The molecule has 2 unspecified atom stereocenters. The molecule has 1 fully saturated rings. The maximum Gasteiger partial charge on any atom is 0.411 e. The molecule has 7 heteroatoms. The molecule has 2 aromatic rings. The number of anilines is 2. The van der Waals surface area contributed by atoms with Crippen molar-refractivity contribution in [2.45, 2.75) is 38.8 Å². The Hall–Kier alpha value is -3.09. The number of aromatic nitrogens is 1. The number of rotatable bonds is 5. The average Bonchev–Trinajstić information content (AvgIpc) is 3.25. The van der Waals surface area contributed by atoms with Gasteiger partial charge in [-0.1, -0.05) is 26.0 Å². The van der Waals surface area contributed by atoms with E-state index >= 15 is 0 Å². The van der Waals surface area contributed by atoms with Gasteiger partial charge in [-0.15, -0.1) is 0 Å². The number of fused-ring (bicyclic) bond motifs is 1. The van der Waals surface area contributed by atoms with Gasteiger partial charge in [0.15, 0.2) is 5.60 Å². The Labute approximate surface area is 167 Å². The van der Waals surface area contributed by atoms with Gasteiger partial charge in [0.25, 0.3) is 6.02 Å². The highest BCUT2D eigenvalue weighted by Crippen LogP contribution is 2.55. The number of nitrogens with zero attached hydrogens (tertiary/aromatic N) is 2. The number of carbonyl (C=O) groups is 1. The predicted octanol–water partition coefficient (Wildman–Crippen LogP) is 4.55. The third-order valence-corrected chi connectivity index (χ3v) is 4.85. The Balaban J connectivity index is 0.00000160. The standard InChI is InChI=1S/C21H24N4O3.2H2/c1-13(2)12-27-20(26)23-16-7-6-14(3)17(9-16)24-19-25-18-10-21(18,28-19)15-5-4-8-22-11-15;;/h4-9,11,13,18H,10,12H2,1-3H3,(H,23,26)(H,24,25);2*1H. The summed E-state index contributed by atoms with van der Waals surface area (Å²) in [5, 5.41) is 5.99. The van der Waals surface area contributed by atoms with Crippen LogP contribution in [0.25, 0.3) is 0 Å². The summed E-state index contributed by atoms with van der Waals surface area (Å²) in [6, 6.07) is 10.1. The molecule has 1 aliphatic carbocycles. The molecule has 4 rings (SSSR count). The molecule has 0 saturated heterocycles. The molecule has 1 aliphatic heterocycles. The summed E-state index contributed by atoms with van der Waals surface area (Å²) >= 11 is 0. The Morgan fingerprint density at radius 1 is 1.43 bits per heavy atom. The first kappa shape index (κ1) is 18.3. The zero-order valence-corrected chi connectivity index (χ0v) is 16.2. The summed E-state index contributed by atoms with van der Waals surface area (Å²) in [4.78, 5) is 20.7. The first-order valence-electron chi connectivity index (χ1n) is 9.45. The molecule has 2 heterocycles. The van der Waals surface area contributed by atoms with E-state index in [9.17, 15) is 4.79 Å². The van der Waals surface area contributed by atoms with E-state index < -0.39 is 6.09 Å². The smallest absolute Gasteiger partial charge is 0.411 e. The Morgan fingerprint density at radius 2 is 2.29 bits per heavy atom. The van der Waals surface area contributed by atoms with Gasteiger partial charge in [-0.2, -0.15) is 0 Å². The number of amidine groups is 1. The van der Waals surface area contributed by atoms with E-state index in [1.807, 2.05) is 57.3 Å². The number of amides is 1. The van der Waals surface area contributed by atoms with E-state index in [1.165, 1.54) is 0 Å². The molecule has 0 radical (unpaired) electrons. The fraction of sp³-hybridized carbons (Fsp3) is 0.381. The molecule has 1 saturated carbocycles. The molecule has 2 N–H and O–H groups in total. The van der Waals surface area contributed by atoms with E-state index in [-0.39, 0.29) is 20.4 Å².